The second-order valence-electron chi connectivity index (χ2n) is 6.19. The van der Waals surface area contributed by atoms with Crippen LogP contribution >= 0.6 is 0 Å². The lowest BCUT2D eigenvalue weighted by atomic mass is 9.98. The molecule has 0 amide bonds. The summed E-state index contributed by atoms with van der Waals surface area (Å²) in [5.74, 6) is 1.31. The quantitative estimate of drug-likeness (QED) is 0.802. The molecule has 1 aromatic heterocycles. The van der Waals surface area contributed by atoms with Gasteiger partial charge in [-0.2, -0.15) is 4.98 Å². The van der Waals surface area contributed by atoms with Crippen LogP contribution in [0.4, 0.5) is 0 Å². The van der Waals surface area contributed by atoms with Crippen molar-refractivity contribution in [3.8, 4) is 0 Å². The third-order valence-electron chi connectivity index (χ3n) is 4.63. The molecule has 1 aliphatic carbocycles. The van der Waals surface area contributed by atoms with Crippen molar-refractivity contribution in [2.45, 2.75) is 37.6 Å². The minimum atomic E-state index is -0.388. The average molecular weight is 293 g/mol. The van der Waals surface area contributed by atoms with Crippen molar-refractivity contribution in [2.24, 2.45) is 5.73 Å². The van der Waals surface area contributed by atoms with Gasteiger partial charge in [0.05, 0.1) is 12.0 Å². The molecule has 112 valence electrons. The van der Waals surface area contributed by atoms with Crippen LogP contribution in [-0.4, -0.2) is 10.1 Å². The van der Waals surface area contributed by atoms with E-state index in [0.29, 0.717) is 18.1 Å². The number of nitrogens with zero attached hydrogens (tertiary/aromatic N) is 2. The van der Waals surface area contributed by atoms with Gasteiger partial charge in [-0.25, -0.2) is 0 Å². The number of nitrogens with two attached hydrogens (primary N) is 1. The largest absolute Gasteiger partial charge is 0.339 e. The standard InChI is InChI=1S/C18H19N3O/c19-18(10-3-4-11-18)17-20-16(22-21-17)12-14-8-5-7-13-6-1-2-9-15(13)14/h1-2,5-9H,3-4,10-12,19H2. The summed E-state index contributed by atoms with van der Waals surface area (Å²) in [6.45, 7) is 0. The minimum Gasteiger partial charge on any atom is -0.339 e. The van der Waals surface area contributed by atoms with E-state index >= 15 is 0 Å². The Morgan fingerprint density at radius 3 is 2.68 bits per heavy atom. The maximum Gasteiger partial charge on any atom is 0.231 e. The Hall–Kier alpha value is -2.20. The molecule has 0 aliphatic heterocycles. The Morgan fingerprint density at radius 1 is 1.05 bits per heavy atom. The van der Waals surface area contributed by atoms with Gasteiger partial charge in [0, 0.05) is 0 Å². The van der Waals surface area contributed by atoms with Crippen molar-refractivity contribution < 1.29 is 4.52 Å². The van der Waals surface area contributed by atoms with Gasteiger partial charge < -0.3 is 10.3 Å². The Labute approximate surface area is 129 Å². The molecule has 0 unspecified atom stereocenters. The summed E-state index contributed by atoms with van der Waals surface area (Å²) >= 11 is 0. The Balaban J connectivity index is 1.65. The van der Waals surface area contributed by atoms with Crippen molar-refractivity contribution in [1.82, 2.24) is 10.1 Å². The van der Waals surface area contributed by atoms with Gasteiger partial charge in [-0.05, 0) is 29.2 Å². The third kappa shape index (κ3) is 2.29. The number of hydrogen-bond donors (Lipinski definition) is 1. The van der Waals surface area contributed by atoms with Gasteiger partial charge in [0.2, 0.25) is 5.89 Å². The molecule has 0 bridgehead atoms. The Morgan fingerprint density at radius 2 is 1.82 bits per heavy atom. The van der Waals surface area contributed by atoms with Crippen LogP contribution in [-0.2, 0) is 12.0 Å². The summed E-state index contributed by atoms with van der Waals surface area (Å²) in [6.07, 6.45) is 4.82. The first kappa shape index (κ1) is 13.5. The van der Waals surface area contributed by atoms with Gasteiger partial charge in [-0.1, -0.05) is 60.5 Å². The fourth-order valence-electron chi connectivity index (χ4n) is 3.37. The van der Waals surface area contributed by atoms with E-state index < -0.39 is 0 Å². The van der Waals surface area contributed by atoms with Crippen LogP contribution in [0.15, 0.2) is 47.0 Å². The number of hydrogen-bond acceptors (Lipinski definition) is 4. The van der Waals surface area contributed by atoms with Crippen molar-refractivity contribution in [1.29, 1.82) is 0 Å². The molecule has 1 fully saturated rings. The van der Waals surface area contributed by atoms with Gasteiger partial charge in [0.15, 0.2) is 5.82 Å². The molecule has 22 heavy (non-hydrogen) atoms. The fraction of sp³-hybridized carbons (Fsp3) is 0.333. The van der Waals surface area contributed by atoms with Crippen molar-refractivity contribution >= 4 is 10.8 Å². The molecule has 4 heteroatoms. The van der Waals surface area contributed by atoms with E-state index in [1.54, 1.807) is 0 Å². The lowest BCUT2D eigenvalue weighted by Crippen LogP contribution is -2.34. The Bertz CT molecular complexity index is 797. The van der Waals surface area contributed by atoms with Crippen LogP contribution in [0.25, 0.3) is 10.8 Å². The van der Waals surface area contributed by atoms with E-state index in [4.69, 9.17) is 10.3 Å². The SMILES string of the molecule is NC1(c2noc(Cc3cccc4ccccc34)n2)CCCC1. The van der Waals surface area contributed by atoms with E-state index in [9.17, 15) is 0 Å². The van der Waals surface area contributed by atoms with Gasteiger partial charge >= 0.3 is 0 Å². The highest BCUT2D eigenvalue weighted by Crippen LogP contribution is 2.34. The van der Waals surface area contributed by atoms with E-state index in [0.717, 1.165) is 25.7 Å². The van der Waals surface area contributed by atoms with E-state index in [1.165, 1.54) is 16.3 Å². The molecule has 0 radical (unpaired) electrons. The number of rotatable bonds is 3. The molecular formula is C18H19N3O. The summed E-state index contributed by atoms with van der Waals surface area (Å²) in [4.78, 5) is 4.56. The van der Waals surface area contributed by atoms with Crippen LogP contribution in [0.3, 0.4) is 0 Å². The minimum absolute atomic E-state index is 0.388. The molecule has 4 rings (SSSR count). The zero-order valence-corrected chi connectivity index (χ0v) is 12.5. The lowest BCUT2D eigenvalue weighted by Gasteiger charge is -2.17. The third-order valence-corrected chi connectivity index (χ3v) is 4.63. The topological polar surface area (TPSA) is 64.9 Å². The second-order valence-corrected chi connectivity index (χ2v) is 6.19. The maximum atomic E-state index is 6.39. The molecule has 1 aliphatic rings. The molecule has 1 saturated carbocycles. The molecule has 4 nitrogen and oxygen atoms in total. The molecule has 0 atom stereocenters. The molecule has 3 aromatic rings. The summed E-state index contributed by atoms with van der Waals surface area (Å²) in [5, 5.41) is 6.59. The first-order valence-electron chi connectivity index (χ1n) is 7.83. The van der Waals surface area contributed by atoms with E-state index in [-0.39, 0.29) is 5.54 Å². The van der Waals surface area contributed by atoms with Gasteiger partial charge in [0.25, 0.3) is 0 Å². The molecule has 2 N–H and O–H groups in total. The zero-order valence-electron chi connectivity index (χ0n) is 12.5. The molecule has 0 spiro atoms. The fourth-order valence-corrected chi connectivity index (χ4v) is 3.37. The van der Waals surface area contributed by atoms with Crippen molar-refractivity contribution in [3.05, 3.63) is 59.7 Å². The summed E-state index contributed by atoms with van der Waals surface area (Å²) in [5.41, 5.74) is 7.20. The normalized spacial score (nSPS) is 17.1. The smallest absolute Gasteiger partial charge is 0.231 e. The molecule has 0 saturated heterocycles. The Kier molecular flexibility index (Phi) is 3.19. The van der Waals surface area contributed by atoms with Crippen LogP contribution in [0, 0.1) is 0 Å². The van der Waals surface area contributed by atoms with Crippen LogP contribution in [0.1, 0.15) is 43.0 Å². The predicted molar refractivity (Wildman–Crippen MR) is 85.4 cm³/mol. The second kappa shape index (κ2) is 5.21. The highest BCUT2D eigenvalue weighted by molar-refractivity contribution is 5.85. The van der Waals surface area contributed by atoms with Crippen LogP contribution in [0.5, 0.6) is 0 Å². The van der Waals surface area contributed by atoms with Crippen molar-refractivity contribution in [3.63, 3.8) is 0 Å². The summed E-state index contributed by atoms with van der Waals surface area (Å²) < 4.78 is 5.45. The summed E-state index contributed by atoms with van der Waals surface area (Å²) in [6, 6.07) is 14.6. The van der Waals surface area contributed by atoms with Crippen molar-refractivity contribution in [2.75, 3.05) is 0 Å². The highest BCUT2D eigenvalue weighted by Gasteiger charge is 2.35. The first-order chi connectivity index (χ1) is 10.7. The maximum absolute atomic E-state index is 6.39. The first-order valence-corrected chi connectivity index (χ1v) is 7.83. The van der Waals surface area contributed by atoms with Gasteiger partial charge in [0.1, 0.15) is 0 Å². The lowest BCUT2D eigenvalue weighted by molar-refractivity contribution is 0.352. The average Bonchev–Trinajstić information content (AvgIpc) is 3.18. The number of benzene rings is 2. The number of fused-ring (bicyclic) bond motifs is 1. The van der Waals surface area contributed by atoms with Gasteiger partial charge in [-0.3, -0.25) is 0 Å². The van der Waals surface area contributed by atoms with Crippen LogP contribution < -0.4 is 5.73 Å². The monoisotopic (exact) mass is 293 g/mol. The number of aromatic nitrogens is 2. The van der Waals surface area contributed by atoms with E-state index in [1.807, 2.05) is 0 Å². The molecular weight excluding hydrogens is 274 g/mol. The molecule has 2 aromatic carbocycles. The van der Waals surface area contributed by atoms with Gasteiger partial charge in [-0.15, -0.1) is 0 Å². The van der Waals surface area contributed by atoms with E-state index in [2.05, 4.69) is 52.6 Å². The van der Waals surface area contributed by atoms with Crippen LogP contribution in [0.2, 0.25) is 0 Å². The highest BCUT2D eigenvalue weighted by atomic mass is 16.5. The zero-order chi connectivity index (χ0) is 15.0. The predicted octanol–water partition coefficient (Wildman–Crippen LogP) is 3.54. The molecule has 1 heterocycles. The summed E-state index contributed by atoms with van der Waals surface area (Å²) in [7, 11) is 0.